The van der Waals surface area contributed by atoms with E-state index in [4.69, 9.17) is 15.7 Å². The van der Waals surface area contributed by atoms with Crippen LogP contribution in [-0.4, -0.2) is 47.7 Å². The Morgan fingerprint density at radius 3 is 3.00 bits per heavy atom. The van der Waals surface area contributed by atoms with E-state index in [0.29, 0.717) is 26.1 Å². The third kappa shape index (κ3) is 3.87. The minimum atomic E-state index is -0.523. The molecule has 0 aliphatic carbocycles. The number of nitrogens with two attached hydrogens (primary N) is 1. The van der Waals surface area contributed by atoms with Crippen LogP contribution in [0.3, 0.4) is 0 Å². The fourth-order valence-electron chi connectivity index (χ4n) is 2.17. The van der Waals surface area contributed by atoms with Gasteiger partial charge in [-0.1, -0.05) is 18.5 Å². The van der Waals surface area contributed by atoms with Crippen molar-refractivity contribution in [2.75, 3.05) is 19.7 Å². The lowest BCUT2D eigenvalue weighted by molar-refractivity contribution is -0.134. The van der Waals surface area contributed by atoms with E-state index in [1.54, 1.807) is 4.90 Å². The number of oxime groups is 1. The van der Waals surface area contributed by atoms with Gasteiger partial charge in [0.1, 0.15) is 0 Å². The molecule has 6 heteroatoms. The minimum Gasteiger partial charge on any atom is -0.409 e. The summed E-state index contributed by atoms with van der Waals surface area (Å²) >= 11 is 0. The lowest BCUT2D eigenvalue weighted by Crippen LogP contribution is -2.44. The fourth-order valence-corrected chi connectivity index (χ4v) is 2.17. The zero-order chi connectivity index (χ0) is 13.5. The molecule has 1 amide bonds. The first-order valence-corrected chi connectivity index (χ1v) is 6.48. The first-order valence-electron chi connectivity index (χ1n) is 6.48. The smallest absolute Gasteiger partial charge is 0.233 e. The molecule has 104 valence electrons. The number of carbonyl (C=O) groups excluding carboxylic acids is 1. The normalized spacial score (nSPS) is 23.6. The van der Waals surface area contributed by atoms with E-state index in [1.807, 2.05) is 13.8 Å². The molecule has 3 N–H and O–H groups in total. The second-order valence-electron chi connectivity index (χ2n) is 4.69. The quantitative estimate of drug-likeness (QED) is 0.337. The summed E-state index contributed by atoms with van der Waals surface area (Å²) in [7, 11) is 0. The third-order valence-corrected chi connectivity index (χ3v) is 3.11. The van der Waals surface area contributed by atoms with Crippen LogP contribution < -0.4 is 5.73 Å². The van der Waals surface area contributed by atoms with Crippen LogP contribution in [0, 0.1) is 5.92 Å². The van der Waals surface area contributed by atoms with Crippen molar-refractivity contribution >= 4 is 11.7 Å². The van der Waals surface area contributed by atoms with Gasteiger partial charge in [0.05, 0.1) is 12.0 Å². The number of amides is 1. The molecule has 0 aromatic carbocycles. The van der Waals surface area contributed by atoms with Crippen molar-refractivity contribution < 1.29 is 14.7 Å². The summed E-state index contributed by atoms with van der Waals surface area (Å²) in [4.78, 5) is 14.1. The van der Waals surface area contributed by atoms with Crippen molar-refractivity contribution in [3.63, 3.8) is 0 Å². The van der Waals surface area contributed by atoms with E-state index < -0.39 is 5.92 Å². The molecule has 0 radical (unpaired) electrons. The van der Waals surface area contributed by atoms with E-state index in [9.17, 15) is 4.79 Å². The molecule has 1 saturated heterocycles. The van der Waals surface area contributed by atoms with Crippen LogP contribution in [0.4, 0.5) is 0 Å². The maximum atomic E-state index is 12.4. The average Bonchev–Trinajstić information content (AvgIpc) is 2.59. The van der Waals surface area contributed by atoms with Gasteiger partial charge in [0.25, 0.3) is 0 Å². The molecule has 0 aromatic heterocycles. The third-order valence-electron chi connectivity index (χ3n) is 3.11. The summed E-state index contributed by atoms with van der Waals surface area (Å²) in [5, 5.41) is 11.7. The molecular weight excluding hydrogens is 234 g/mol. The van der Waals surface area contributed by atoms with Crippen LogP contribution in [0.5, 0.6) is 0 Å². The SMILES string of the molecule is CCCC(C(=O)N1CCCOC(C)C1)C(N)=NO. The summed E-state index contributed by atoms with van der Waals surface area (Å²) in [5.41, 5.74) is 5.61. The number of hydrogen-bond acceptors (Lipinski definition) is 4. The highest BCUT2D eigenvalue weighted by molar-refractivity contribution is 6.02. The predicted octanol–water partition coefficient (Wildman–Crippen LogP) is 0.787. The first kappa shape index (κ1) is 14.8. The number of ether oxygens (including phenoxy) is 1. The Hall–Kier alpha value is -1.30. The van der Waals surface area contributed by atoms with E-state index in [1.165, 1.54) is 0 Å². The molecule has 1 fully saturated rings. The van der Waals surface area contributed by atoms with Crippen molar-refractivity contribution in [3.8, 4) is 0 Å². The Morgan fingerprint density at radius 2 is 2.39 bits per heavy atom. The van der Waals surface area contributed by atoms with Crippen LogP contribution in [0.25, 0.3) is 0 Å². The second kappa shape index (κ2) is 7.20. The van der Waals surface area contributed by atoms with Gasteiger partial charge < -0.3 is 20.6 Å². The molecule has 1 aliphatic rings. The maximum Gasteiger partial charge on any atom is 0.233 e. The van der Waals surface area contributed by atoms with Crippen molar-refractivity contribution in [3.05, 3.63) is 0 Å². The lowest BCUT2D eigenvalue weighted by atomic mass is 10.0. The van der Waals surface area contributed by atoms with Gasteiger partial charge in [-0.2, -0.15) is 0 Å². The molecule has 1 aliphatic heterocycles. The Labute approximate surface area is 108 Å². The molecule has 0 bridgehead atoms. The Balaban J connectivity index is 2.74. The van der Waals surface area contributed by atoms with E-state index in [-0.39, 0.29) is 17.8 Å². The van der Waals surface area contributed by atoms with Gasteiger partial charge in [0.2, 0.25) is 5.91 Å². The van der Waals surface area contributed by atoms with Crippen molar-refractivity contribution in [1.82, 2.24) is 4.90 Å². The first-order chi connectivity index (χ1) is 8.60. The molecule has 1 rings (SSSR count). The number of amidine groups is 1. The highest BCUT2D eigenvalue weighted by atomic mass is 16.5. The zero-order valence-electron chi connectivity index (χ0n) is 11.1. The highest BCUT2D eigenvalue weighted by Crippen LogP contribution is 2.14. The lowest BCUT2D eigenvalue weighted by Gasteiger charge is -2.26. The summed E-state index contributed by atoms with van der Waals surface area (Å²) < 4.78 is 5.50. The van der Waals surface area contributed by atoms with Gasteiger partial charge in [0, 0.05) is 19.7 Å². The number of carbonyl (C=O) groups is 1. The van der Waals surface area contributed by atoms with E-state index in [2.05, 4.69) is 5.16 Å². The maximum absolute atomic E-state index is 12.4. The summed E-state index contributed by atoms with van der Waals surface area (Å²) in [5.74, 6) is -0.588. The van der Waals surface area contributed by atoms with Crippen LogP contribution in [-0.2, 0) is 9.53 Å². The standard InChI is InChI=1S/C12H23N3O3/c1-3-5-10(11(13)14-17)12(16)15-6-4-7-18-9(2)8-15/h9-10,17H,3-8H2,1-2H3,(H2,13,14). The molecule has 2 atom stereocenters. The molecule has 0 spiro atoms. The van der Waals surface area contributed by atoms with Gasteiger partial charge in [-0.25, -0.2) is 0 Å². The van der Waals surface area contributed by atoms with Gasteiger partial charge in [-0.15, -0.1) is 0 Å². The Morgan fingerprint density at radius 1 is 1.67 bits per heavy atom. The number of nitrogens with zero attached hydrogens (tertiary/aromatic N) is 2. The van der Waals surface area contributed by atoms with Crippen molar-refractivity contribution in [1.29, 1.82) is 0 Å². The Kier molecular flexibility index (Phi) is 5.91. The second-order valence-corrected chi connectivity index (χ2v) is 4.69. The predicted molar refractivity (Wildman–Crippen MR) is 68.4 cm³/mol. The molecule has 0 saturated carbocycles. The van der Waals surface area contributed by atoms with E-state index in [0.717, 1.165) is 12.8 Å². The monoisotopic (exact) mass is 257 g/mol. The summed E-state index contributed by atoms with van der Waals surface area (Å²) in [6, 6.07) is 0. The molecule has 0 aromatic rings. The largest absolute Gasteiger partial charge is 0.409 e. The zero-order valence-corrected chi connectivity index (χ0v) is 11.1. The Bertz CT molecular complexity index is 307. The van der Waals surface area contributed by atoms with Gasteiger partial charge >= 0.3 is 0 Å². The van der Waals surface area contributed by atoms with Crippen LogP contribution in [0.2, 0.25) is 0 Å². The topological polar surface area (TPSA) is 88.2 Å². The van der Waals surface area contributed by atoms with Gasteiger partial charge in [-0.3, -0.25) is 4.79 Å². The fraction of sp³-hybridized carbons (Fsp3) is 0.833. The number of rotatable bonds is 4. The molecule has 2 unspecified atom stereocenters. The van der Waals surface area contributed by atoms with Crippen LogP contribution >= 0.6 is 0 Å². The molecular formula is C12H23N3O3. The van der Waals surface area contributed by atoms with Gasteiger partial charge in [-0.05, 0) is 19.8 Å². The molecule has 6 nitrogen and oxygen atoms in total. The van der Waals surface area contributed by atoms with Gasteiger partial charge in [0.15, 0.2) is 5.84 Å². The summed E-state index contributed by atoms with van der Waals surface area (Å²) in [6.07, 6.45) is 2.27. The van der Waals surface area contributed by atoms with E-state index >= 15 is 0 Å². The molecule has 18 heavy (non-hydrogen) atoms. The number of hydrogen-bond donors (Lipinski definition) is 2. The van der Waals surface area contributed by atoms with Crippen molar-refractivity contribution in [2.24, 2.45) is 16.8 Å². The highest BCUT2D eigenvalue weighted by Gasteiger charge is 2.29. The minimum absolute atomic E-state index is 0.000307. The average molecular weight is 257 g/mol. The van der Waals surface area contributed by atoms with Crippen LogP contribution in [0.1, 0.15) is 33.1 Å². The molecule has 1 heterocycles. The summed E-state index contributed by atoms with van der Waals surface area (Å²) in [6.45, 7) is 5.83. The van der Waals surface area contributed by atoms with Crippen LogP contribution in [0.15, 0.2) is 5.16 Å². The van der Waals surface area contributed by atoms with Crippen molar-refractivity contribution in [2.45, 2.75) is 39.2 Å².